The summed E-state index contributed by atoms with van der Waals surface area (Å²) >= 11 is 0. The summed E-state index contributed by atoms with van der Waals surface area (Å²) in [5.74, 6) is -1.49. The number of rotatable bonds is 11. The number of halogens is 1. The summed E-state index contributed by atoms with van der Waals surface area (Å²) in [6.07, 6.45) is 0.218. The molecule has 4 aromatic carbocycles. The molecular formula is C36H40FN3O4S. The van der Waals surface area contributed by atoms with Crippen molar-refractivity contribution in [1.82, 2.24) is 10.2 Å². The summed E-state index contributed by atoms with van der Waals surface area (Å²) in [7, 11) is -4.31. The number of nitrogens with zero attached hydrogens (tertiary/aromatic N) is 2. The standard InChI is InChI=1S/C36H40FN3O4S/c1-26-11-15-29(16-12-26)24-39(33(35(42)38-36(3,4)5)23-28-9-7-6-8-10-28)34(41)25-40(31-19-13-27(2)14-20-31)45(43,44)32-21-17-30(37)18-22-32/h6-22,33H,23-25H2,1-5H3,(H,38,42)/t33-/m1/s1. The Morgan fingerprint density at radius 2 is 1.33 bits per heavy atom. The maximum Gasteiger partial charge on any atom is 0.264 e. The Kier molecular flexibility index (Phi) is 10.4. The van der Waals surface area contributed by atoms with E-state index in [2.05, 4.69) is 5.32 Å². The van der Waals surface area contributed by atoms with Gasteiger partial charge in [-0.15, -0.1) is 0 Å². The average molecular weight is 630 g/mol. The lowest BCUT2D eigenvalue weighted by molar-refractivity contribution is -0.140. The van der Waals surface area contributed by atoms with Gasteiger partial charge in [0.15, 0.2) is 0 Å². The van der Waals surface area contributed by atoms with Crippen LogP contribution in [0.4, 0.5) is 10.1 Å². The molecular weight excluding hydrogens is 589 g/mol. The number of anilines is 1. The molecule has 7 nitrogen and oxygen atoms in total. The largest absolute Gasteiger partial charge is 0.350 e. The van der Waals surface area contributed by atoms with Crippen LogP contribution >= 0.6 is 0 Å². The zero-order chi connectivity index (χ0) is 32.8. The molecule has 0 saturated heterocycles. The van der Waals surface area contributed by atoms with Crippen LogP contribution in [0.5, 0.6) is 0 Å². The fraction of sp³-hybridized carbons (Fsp3) is 0.278. The van der Waals surface area contributed by atoms with E-state index in [0.717, 1.165) is 38.7 Å². The predicted octanol–water partition coefficient (Wildman–Crippen LogP) is 6.19. The van der Waals surface area contributed by atoms with Gasteiger partial charge in [-0.1, -0.05) is 77.9 Å². The van der Waals surface area contributed by atoms with Crippen LogP contribution in [0, 0.1) is 19.7 Å². The maximum atomic E-state index is 14.5. The Bertz CT molecular complexity index is 1700. The van der Waals surface area contributed by atoms with Gasteiger partial charge in [0.1, 0.15) is 18.4 Å². The summed E-state index contributed by atoms with van der Waals surface area (Å²) < 4.78 is 42.8. The summed E-state index contributed by atoms with van der Waals surface area (Å²) in [6.45, 7) is 8.93. The van der Waals surface area contributed by atoms with Crippen molar-refractivity contribution in [3.8, 4) is 0 Å². The molecule has 0 aliphatic carbocycles. The number of nitrogens with one attached hydrogen (secondary N) is 1. The third-order valence-corrected chi connectivity index (χ3v) is 9.03. The Morgan fingerprint density at radius 3 is 1.89 bits per heavy atom. The number of benzene rings is 4. The van der Waals surface area contributed by atoms with E-state index in [-0.39, 0.29) is 29.5 Å². The Hall–Kier alpha value is -4.50. The van der Waals surface area contributed by atoms with Crippen molar-refractivity contribution in [3.05, 3.63) is 131 Å². The van der Waals surface area contributed by atoms with Crippen LogP contribution in [0.2, 0.25) is 0 Å². The molecule has 0 radical (unpaired) electrons. The number of hydrogen-bond donors (Lipinski definition) is 1. The monoisotopic (exact) mass is 629 g/mol. The van der Waals surface area contributed by atoms with Gasteiger partial charge >= 0.3 is 0 Å². The van der Waals surface area contributed by atoms with Gasteiger partial charge in [-0.05, 0) is 82.1 Å². The zero-order valence-corrected chi connectivity index (χ0v) is 27.1. The van der Waals surface area contributed by atoms with E-state index >= 15 is 0 Å². The molecule has 0 aromatic heterocycles. The molecule has 0 unspecified atom stereocenters. The Morgan fingerprint density at radius 1 is 0.778 bits per heavy atom. The highest BCUT2D eigenvalue weighted by atomic mass is 32.2. The van der Waals surface area contributed by atoms with Crippen LogP contribution in [-0.2, 0) is 32.6 Å². The fourth-order valence-electron chi connectivity index (χ4n) is 4.87. The second-order valence-corrected chi connectivity index (χ2v) is 14.1. The molecule has 4 rings (SSSR count). The van der Waals surface area contributed by atoms with Gasteiger partial charge in [0.05, 0.1) is 10.6 Å². The quantitative estimate of drug-likeness (QED) is 0.214. The van der Waals surface area contributed by atoms with Crippen molar-refractivity contribution < 1.29 is 22.4 Å². The predicted molar refractivity (Wildman–Crippen MR) is 176 cm³/mol. The number of carbonyl (C=O) groups is 2. The van der Waals surface area contributed by atoms with E-state index in [4.69, 9.17) is 0 Å². The van der Waals surface area contributed by atoms with E-state index in [9.17, 15) is 22.4 Å². The van der Waals surface area contributed by atoms with Crippen molar-refractivity contribution in [3.63, 3.8) is 0 Å². The molecule has 0 aliphatic heterocycles. The van der Waals surface area contributed by atoms with Crippen molar-refractivity contribution in [2.24, 2.45) is 0 Å². The van der Waals surface area contributed by atoms with Gasteiger partial charge in [-0.2, -0.15) is 0 Å². The van der Waals surface area contributed by atoms with E-state index in [1.807, 2.05) is 89.2 Å². The molecule has 0 bridgehead atoms. The SMILES string of the molecule is Cc1ccc(CN(C(=O)CN(c2ccc(C)cc2)S(=O)(=O)c2ccc(F)cc2)[C@H](Cc2ccccc2)C(=O)NC(C)(C)C)cc1. The maximum absolute atomic E-state index is 14.5. The topological polar surface area (TPSA) is 86.8 Å². The van der Waals surface area contributed by atoms with Crippen molar-refractivity contribution in [2.75, 3.05) is 10.8 Å². The molecule has 0 saturated carbocycles. The highest BCUT2D eigenvalue weighted by Gasteiger charge is 2.35. The van der Waals surface area contributed by atoms with Crippen LogP contribution < -0.4 is 9.62 Å². The Balaban J connectivity index is 1.81. The summed E-state index contributed by atoms with van der Waals surface area (Å²) in [5.41, 5.74) is 3.28. The van der Waals surface area contributed by atoms with Crippen LogP contribution in [0.1, 0.15) is 43.0 Å². The highest BCUT2D eigenvalue weighted by molar-refractivity contribution is 7.92. The Labute approximate surface area is 265 Å². The number of hydrogen-bond acceptors (Lipinski definition) is 4. The van der Waals surface area contributed by atoms with E-state index in [1.165, 1.54) is 17.0 Å². The summed E-state index contributed by atoms with van der Waals surface area (Å²) in [4.78, 5) is 29.7. The zero-order valence-electron chi connectivity index (χ0n) is 26.3. The molecule has 0 heterocycles. The summed E-state index contributed by atoms with van der Waals surface area (Å²) in [5, 5.41) is 3.02. The molecule has 45 heavy (non-hydrogen) atoms. The van der Waals surface area contributed by atoms with E-state index < -0.39 is 39.9 Å². The number of aryl methyl sites for hydroxylation is 2. The molecule has 0 spiro atoms. The molecule has 1 N–H and O–H groups in total. The molecule has 9 heteroatoms. The minimum Gasteiger partial charge on any atom is -0.350 e. The van der Waals surface area contributed by atoms with Gasteiger partial charge in [-0.3, -0.25) is 13.9 Å². The van der Waals surface area contributed by atoms with Gasteiger partial charge in [0.25, 0.3) is 10.0 Å². The van der Waals surface area contributed by atoms with Crippen LogP contribution in [-0.4, -0.2) is 43.3 Å². The smallest absolute Gasteiger partial charge is 0.264 e. The molecule has 2 amide bonds. The lowest BCUT2D eigenvalue weighted by Gasteiger charge is -2.35. The van der Waals surface area contributed by atoms with Gasteiger partial charge in [0.2, 0.25) is 11.8 Å². The number of carbonyl (C=O) groups excluding carboxylic acids is 2. The molecule has 1 atom stereocenters. The second-order valence-electron chi connectivity index (χ2n) is 12.3. The minimum absolute atomic E-state index is 0.0759. The second kappa shape index (κ2) is 14.1. The van der Waals surface area contributed by atoms with Gasteiger partial charge in [-0.25, -0.2) is 12.8 Å². The van der Waals surface area contributed by atoms with Gasteiger partial charge in [0, 0.05) is 18.5 Å². The van der Waals surface area contributed by atoms with Crippen LogP contribution in [0.3, 0.4) is 0 Å². The highest BCUT2D eigenvalue weighted by Crippen LogP contribution is 2.26. The lowest BCUT2D eigenvalue weighted by Crippen LogP contribution is -2.56. The first-order valence-electron chi connectivity index (χ1n) is 14.8. The first-order valence-corrected chi connectivity index (χ1v) is 16.2. The first-order chi connectivity index (χ1) is 21.2. The lowest BCUT2D eigenvalue weighted by atomic mass is 10.0. The number of amides is 2. The third kappa shape index (κ3) is 9.01. The summed E-state index contributed by atoms with van der Waals surface area (Å²) in [6, 6.07) is 27.3. The van der Waals surface area contributed by atoms with Crippen molar-refractivity contribution in [1.29, 1.82) is 0 Å². The molecule has 0 aliphatic rings. The van der Waals surface area contributed by atoms with Crippen molar-refractivity contribution in [2.45, 2.75) is 64.1 Å². The molecule has 236 valence electrons. The number of sulfonamides is 1. The minimum atomic E-state index is -4.31. The van der Waals surface area contributed by atoms with Crippen LogP contribution in [0.25, 0.3) is 0 Å². The van der Waals surface area contributed by atoms with E-state index in [1.54, 1.807) is 24.3 Å². The molecule has 0 fully saturated rings. The van der Waals surface area contributed by atoms with Crippen molar-refractivity contribution >= 4 is 27.5 Å². The van der Waals surface area contributed by atoms with E-state index in [0.29, 0.717) is 0 Å². The third-order valence-electron chi connectivity index (χ3n) is 7.25. The average Bonchev–Trinajstić information content (AvgIpc) is 2.99. The van der Waals surface area contributed by atoms with Crippen LogP contribution in [0.15, 0.2) is 108 Å². The normalized spacial score (nSPS) is 12.3. The fourth-order valence-corrected chi connectivity index (χ4v) is 6.28. The first kappa shape index (κ1) is 33.4. The van der Waals surface area contributed by atoms with Gasteiger partial charge < -0.3 is 10.2 Å². The molecule has 4 aromatic rings.